The van der Waals surface area contributed by atoms with E-state index in [1.807, 2.05) is 0 Å². The molecule has 1 aromatic heterocycles. The molecule has 0 aliphatic heterocycles. The smallest absolute Gasteiger partial charge is 0.248 e. The van der Waals surface area contributed by atoms with E-state index in [2.05, 4.69) is 25.8 Å². The second kappa shape index (κ2) is 6.40. The lowest BCUT2D eigenvalue weighted by Crippen LogP contribution is -2.18. The van der Waals surface area contributed by atoms with Crippen LogP contribution in [0.25, 0.3) is 0 Å². The third kappa shape index (κ3) is 4.84. The van der Waals surface area contributed by atoms with Crippen LogP contribution < -0.4 is 0 Å². The maximum Gasteiger partial charge on any atom is 0.433 e. The summed E-state index contributed by atoms with van der Waals surface area (Å²) in [7, 11) is 0. The van der Waals surface area contributed by atoms with Crippen LogP contribution in [-0.2, 0) is 6.18 Å². The Morgan fingerprint density at radius 1 is 1.16 bits per heavy atom. The number of alkyl halides is 3. The molecule has 0 amide bonds. The van der Waals surface area contributed by atoms with Crippen LogP contribution in [0.15, 0.2) is 12.1 Å². The fourth-order valence-electron chi connectivity index (χ4n) is 1.84. The molecule has 0 radical (unpaired) electrons. The molecule has 0 N–H and O–H groups in total. The third-order valence-corrected chi connectivity index (χ3v) is 2.88. The van der Waals surface area contributed by atoms with Crippen LogP contribution in [0.3, 0.4) is 0 Å². The number of hydrogen-bond donors (Lipinski definition) is 0. The summed E-state index contributed by atoms with van der Waals surface area (Å²) < 4.78 is 38.1. The molecule has 0 bridgehead atoms. The first-order valence-corrected chi connectivity index (χ1v) is 6.76. The van der Waals surface area contributed by atoms with Gasteiger partial charge in [0, 0.05) is 5.69 Å². The van der Waals surface area contributed by atoms with Gasteiger partial charge in [-0.15, -0.1) is 0 Å². The average Bonchev–Trinajstić information content (AvgIpc) is 2.15. The van der Waals surface area contributed by atoms with Crippen molar-refractivity contribution in [3.8, 4) is 0 Å². The number of nitrogens with zero attached hydrogens (tertiary/aromatic N) is 1. The molecule has 1 heterocycles. The molecule has 108 valence electrons. The highest BCUT2D eigenvalue weighted by Crippen LogP contribution is 2.42. The number of hydrogen-bond acceptors (Lipinski definition) is 1. The number of pyridine rings is 1. The van der Waals surface area contributed by atoms with Crippen molar-refractivity contribution < 1.29 is 13.2 Å². The van der Waals surface area contributed by atoms with E-state index in [1.54, 1.807) is 19.1 Å². The van der Waals surface area contributed by atoms with E-state index in [0.717, 1.165) is 25.2 Å². The van der Waals surface area contributed by atoms with Gasteiger partial charge in [-0.1, -0.05) is 33.3 Å². The second-order valence-electron chi connectivity index (χ2n) is 5.75. The molecule has 4 heteroatoms. The topological polar surface area (TPSA) is 12.9 Å². The van der Waals surface area contributed by atoms with Crippen molar-refractivity contribution in [3.05, 3.63) is 29.1 Å². The Balaban J connectivity index is 0.000000399. The van der Waals surface area contributed by atoms with Gasteiger partial charge >= 0.3 is 6.18 Å². The van der Waals surface area contributed by atoms with Crippen molar-refractivity contribution in [1.29, 1.82) is 0 Å². The van der Waals surface area contributed by atoms with Crippen LogP contribution in [0, 0.1) is 12.8 Å². The van der Waals surface area contributed by atoms with Gasteiger partial charge in [0.25, 0.3) is 0 Å². The Bertz CT molecular complexity index is 404. The molecule has 1 aromatic rings. The molecule has 0 spiro atoms. The maximum absolute atomic E-state index is 12.7. The van der Waals surface area contributed by atoms with Gasteiger partial charge in [0.2, 0.25) is 0 Å². The standard InChI is InChI=1S/C11H12F3N.C4H10/c1-7-5-6-9(8-3-2-4-8)10(15-7)11(12,13)14;1-4(2)3/h5-6,8H,2-4H2,1H3;4H,1-3H3. The molecule has 0 atom stereocenters. The van der Waals surface area contributed by atoms with Crippen LogP contribution in [0.5, 0.6) is 0 Å². The first-order valence-electron chi connectivity index (χ1n) is 6.76. The Morgan fingerprint density at radius 3 is 2.05 bits per heavy atom. The summed E-state index contributed by atoms with van der Waals surface area (Å²) in [5.41, 5.74) is 0.108. The predicted molar refractivity (Wildman–Crippen MR) is 71.1 cm³/mol. The van der Waals surface area contributed by atoms with Gasteiger partial charge in [-0.05, 0) is 43.2 Å². The molecule has 1 aliphatic carbocycles. The minimum Gasteiger partial charge on any atom is -0.248 e. The molecule has 1 aliphatic rings. The molecule has 1 fully saturated rings. The summed E-state index contributed by atoms with van der Waals surface area (Å²) >= 11 is 0. The molecular weight excluding hydrogens is 251 g/mol. The van der Waals surface area contributed by atoms with Crippen LogP contribution in [0.1, 0.15) is 62.9 Å². The number of aromatic nitrogens is 1. The molecule has 0 unspecified atom stereocenters. The van der Waals surface area contributed by atoms with E-state index >= 15 is 0 Å². The van der Waals surface area contributed by atoms with Gasteiger partial charge in [-0.25, -0.2) is 4.98 Å². The Kier molecular flexibility index (Phi) is 5.39. The van der Waals surface area contributed by atoms with E-state index in [9.17, 15) is 13.2 Å². The Morgan fingerprint density at radius 2 is 1.68 bits per heavy atom. The molecule has 19 heavy (non-hydrogen) atoms. The monoisotopic (exact) mass is 273 g/mol. The Labute approximate surface area is 113 Å². The molecule has 1 saturated carbocycles. The molecular formula is C15H22F3N. The molecule has 1 nitrogen and oxygen atoms in total. The molecule has 0 saturated heterocycles. The van der Waals surface area contributed by atoms with Crippen molar-refractivity contribution in [2.75, 3.05) is 0 Å². The van der Waals surface area contributed by atoms with Gasteiger partial charge in [0.15, 0.2) is 0 Å². The van der Waals surface area contributed by atoms with E-state index < -0.39 is 11.9 Å². The average molecular weight is 273 g/mol. The normalized spacial score (nSPS) is 15.8. The lowest BCUT2D eigenvalue weighted by Gasteiger charge is -2.28. The van der Waals surface area contributed by atoms with Crippen molar-refractivity contribution in [3.63, 3.8) is 0 Å². The highest BCUT2D eigenvalue weighted by atomic mass is 19.4. The van der Waals surface area contributed by atoms with Gasteiger partial charge in [-0.3, -0.25) is 0 Å². The predicted octanol–water partition coefficient (Wildman–Crippen LogP) is 5.34. The zero-order valence-corrected chi connectivity index (χ0v) is 12.0. The lowest BCUT2D eigenvalue weighted by molar-refractivity contribution is -0.142. The van der Waals surface area contributed by atoms with Crippen LogP contribution >= 0.6 is 0 Å². The summed E-state index contributed by atoms with van der Waals surface area (Å²) in [6.07, 6.45) is -1.59. The van der Waals surface area contributed by atoms with E-state index in [-0.39, 0.29) is 5.92 Å². The fourth-order valence-corrected chi connectivity index (χ4v) is 1.84. The summed E-state index contributed by atoms with van der Waals surface area (Å²) in [5.74, 6) is 0.898. The third-order valence-electron chi connectivity index (χ3n) is 2.88. The summed E-state index contributed by atoms with van der Waals surface area (Å²) in [6, 6.07) is 3.23. The second-order valence-corrected chi connectivity index (χ2v) is 5.75. The summed E-state index contributed by atoms with van der Waals surface area (Å²) in [5, 5.41) is 0. The van der Waals surface area contributed by atoms with Gasteiger partial charge in [-0.2, -0.15) is 13.2 Å². The minimum absolute atomic E-state index is 0.0646. The van der Waals surface area contributed by atoms with Crippen LogP contribution in [0.4, 0.5) is 13.2 Å². The maximum atomic E-state index is 12.7. The van der Waals surface area contributed by atoms with E-state index in [0.29, 0.717) is 11.3 Å². The highest BCUT2D eigenvalue weighted by Gasteiger charge is 2.38. The first kappa shape index (κ1) is 16.0. The largest absolute Gasteiger partial charge is 0.433 e. The number of halogens is 3. The Hall–Kier alpha value is -1.06. The zero-order valence-electron chi connectivity index (χ0n) is 12.0. The van der Waals surface area contributed by atoms with Crippen LogP contribution in [-0.4, -0.2) is 4.98 Å². The molecule has 0 aromatic carbocycles. The lowest BCUT2D eigenvalue weighted by atomic mass is 9.79. The van der Waals surface area contributed by atoms with E-state index in [1.165, 1.54) is 0 Å². The van der Waals surface area contributed by atoms with Crippen molar-refractivity contribution >= 4 is 0 Å². The van der Waals surface area contributed by atoms with E-state index in [4.69, 9.17) is 0 Å². The zero-order chi connectivity index (χ0) is 14.6. The summed E-state index contributed by atoms with van der Waals surface area (Å²) in [6.45, 7) is 8.08. The van der Waals surface area contributed by atoms with Gasteiger partial charge < -0.3 is 0 Å². The van der Waals surface area contributed by atoms with Crippen molar-refractivity contribution in [2.45, 2.75) is 59.1 Å². The number of rotatable bonds is 1. The molecule has 2 rings (SSSR count). The number of aryl methyl sites for hydroxylation is 1. The van der Waals surface area contributed by atoms with Gasteiger partial charge in [0.1, 0.15) is 5.69 Å². The highest BCUT2D eigenvalue weighted by molar-refractivity contribution is 5.29. The van der Waals surface area contributed by atoms with Crippen LogP contribution in [0.2, 0.25) is 0 Å². The van der Waals surface area contributed by atoms with Crippen molar-refractivity contribution in [2.24, 2.45) is 5.92 Å². The summed E-state index contributed by atoms with van der Waals surface area (Å²) in [4.78, 5) is 3.62. The van der Waals surface area contributed by atoms with Crippen molar-refractivity contribution in [1.82, 2.24) is 4.98 Å². The first-order chi connectivity index (χ1) is 8.71. The fraction of sp³-hybridized carbons (Fsp3) is 0.667. The van der Waals surface area contributed by atoms with Gasteiger partial charge in [0.05, 0.1) is 0 Å². The quantitative estimate of drug-likeness (QED) is 0.673. The SMILES string of the molecule is CC(C)C.Cc1ccc(C2CCC2)c(C(F)(F)F)n1. The minimum atomic E-state index is -4.32.